The van der Waals surface area contributed by atoms with Gasteiger partial charge in [0.05, 0.1) is 10.4 Å². The van der Waals surface area contributed by atoms with Crippen LogP contribution in [0.5, 0.6) is 0 Å². The number of nitrogens with two attached hydrogens (primary N) is 1. The van der Waals surface area contributed by atoms with Crippen LogP contribution in [0.4, 0.5) is 5.69 Å². The number of nitrogens with one attached hydrogen (secondary N) is 1. The van der Waals surface area contributed by atoms with E-state index in [1.54, 1.807) is 24.3 Å². The van der Waals surface area contributed by atoms with E-state index in [-0.39, 0.29) is 0 Å². The fraction of sp³-hybridized carbons (Fsp3) is 0.250. The molecule has 112 valence electrons. The molecule has 0 aromatic heterocycles. The molecule has 0 amide bonds. The maximum Gasteiger partial charge on any atom is 0.175 e. The number of hydrogen-bond donors (Lipinski definition) is 2. The van der Waals surface area contributed by atoms with Crippen LogP contribution in [-0.2, 0) is 15.4 Å². The molecule has 0 fully saturated rings. The van der Waals surface area contributed by atoms with Gasteiger partial charge in [0.25, 0.3) is 0 Å². The molecule has 2 aromatic carbocycles. The molecular weight excluding hydrogens is 284 g/mol. The molecule has 0 saturated carbocycles. The van der Waals surface area contributed by atoms with E-state index in [0.29, 0.717) is 11.4 Å². The smallest absolute Gasteiger partial charge is 0.175 e. The zero-order valence-corrected chi connectivity index (χ0v) is 13.0. The van der Waals surface area contributed by atoms with Gasteiger partial charge in [-0.15, -0.1) is 0 Å². The van der Waals surface area contributed by atoms with Gasteiger partial charge in [-0.05, 0) is 36.8 Å². The highest BCUT2D eigenvalue weighted by molar-refractivity contribution is 7.90. The minimum absolute atomic E-state index is 0.308. The fourth-order valence-electron chi connectivity index (χ4n) is 2.15. The zero-order valence-electron chi connectivity index (χ0n) is 12.2. The van der Waals surface area contributed by atoms with E-state index in [1.165, 1.54) is 6.26 Å². The van der Waals surface area contributed by atoms with Gasteiger partial charge < -0.3 is 11.1 Å². The molecule has 0 radical (unpaired) electrons. The Bertz CT molecular complexity index is 697. The van der Waals surface area contributed by atoms with Crippen molar-refractivity contribution in [3.63, 3.8) is 0 Å². The van der Waals surface area contributed by atoms with Crippen molar-refractivity contribution in [2.45, 2.75) is 17.4 Å². The van der Waals surface area contributed by atoms with Crippen LogP contribution >= 0.6 is 0 Å². The predicted molar refractivity (Wildman–Crippen MR) is 86.0 cm³/mol. The number of benzene rings is 2. The average Bonchev–Trinajstić information content (AvgIpc) is 2.47. The summed E-state index contributed by atoms with van der Waals surface area (Å²) < 4.78 is 22.9. The Morgan fingerprint density at radius 3 is 2.10 bits per heavy atom. The molecule has 0 aliphatic carbocycles. The first-order chi connectivity index (χ1) is 9.85. The SMILES string of the molecule is CC(CN)(Nc1ccc(S(C)(=O)=O)cc1)c1ccccc1. The van der Waals surface area contributed by atoms with E-state index in [0.717, 1.165) is 11.3 Å². The fourth-order valence-corrected chi connectivity index (χ4v) is 2.78. The molecule has 0 spiro atoms. The minimum Gasteiger partial charge on any atom is -0.375 e. The summed E-state index contributed by atoms with van der Waals surface area (Å²) in [4.78, 5) is 0.308. The lowest BCUT2D eigenvalue weighted by Gasteiger charge is -2.31. The Balaban J connectivity index is 2.27. The largest absolute Gasteiger partial charge is 0.375 e. The normalized spacial score (nSPS) is 14.4. The highest BCUT2D eigenvalue weighted by Gasteiger charge is 2.24. The highest BCUT2D eigenvalue weighted by atomic mass is 32.2. The second kappa shape index (κ2) is 5.87. The summed E-state index contributed by atoms with van der Waals surface area (Å²) in [6.07, 6.45) is 1.20. The van der Waals surface area contributed by atoms with Crippen molar-refractivity contribution >= 4 is 15.5 Å². The van der Waals surface area contributed by atoms with Crippen LogP contribution in [0.15, 0.2) is 59.5 Å². The van der Waals surface area contributed by atoms with Crippen LogP contribution in [0, 0.1) is 0 Å². The van der Waals surface area contributed by atoms with Gasteiger partial charge in [-0.25, -0.2) is 8.42 Å². The van der Waals surface area contributed by atoms with E-state index >= 15 is 0 Å². The van der Waals surface area contributed by atoms with Crippen molar-refractivity contribution in [3.05, 3.63) is 60.2 Å². The van der Waals surface area contributed by atoms with Gasteiger partial charge in [0, 0.05) is 18.5 Å². The molecule has 0 heterocycles. The van der Waals surface area contributed by atoms with Crippen molar-refractivity contribution < 1.29 is 8.42 Å². The zero-order chi connectivity index (χ0) is 15.5. The summed E-state index contributed by atoms with van der Waals surface area (Å²) in [5.41, 5.74) is 7.43. The van der Waals surface area contributed by atoms with Gasteiger partial charge in [0.1, 0.15) is 0 Å². The van der Waals surface area contributed by atoms with Crippen LogP contribution < -0.4 is 11.1 Å². The first-order valence-electron chi connectivity index (χ1n) is 6.69. The lowest BCUT2D eigenvalue weighted by Crippen LogP contribution is -2.39. The van der Waals surface area contributed by atoms with Gasteiger partial charge in [0.2, 0.25) is 0 Å². The standard InChI is InChI=1S/C16H20N2O2S/c1-16(12-17,13-6-4-3-5-7-13)18-14-8-10-15(11-9-14)21(2,19)20/h3-11,18H,12,17H2,1-2H3. The summed E-state index contributed by atoms with van der Waals surface area (Å²) in [7, 11) is -3.17. The van der Waals surface area contributed by atoms with E-state index < -0.39 is 15.4 Å². The molecule has 0 saturated heterocycles. The second-order valence-corrected chi connectivity index (χ2v) is 7.34. The van der Waals surface area contributed by atoms with Crippen molar-refractivity contribution in [2.75, 3.05) is 18.1 Å². The summed E-state index contributed by atoms with van der Waals surface area (Å²) in [6, 6.07) is 16.6. The first kappa shape index (κ1) is 15.5. The molecule has 2 aromatic rings. The maximum atomic E-state index is 11.5. The topological polar surface area (TPSA) is 72.2 Å². The maximum absolute atomic E-state index is 11.5. The van der Waals surface area contributed by atoms with Crippen molar-refractivity contribution in [1.82, 2.24) is 0 Å². The van der Waals surface area contributed by atoms with Gasteiger partial charge in [-0.2, -0.15) is 0 Å². The first-order valence-corrected chi connectivity index (χ1v) is 8.58. The molecule has 0 bridgehead atoms. The van der Waals surface area contributed by atoms with Crippen LogP contribution in [0.25, 0.3) is 0 Å². The number of hydrogen-bond acceptors (Lipinski definition) is 4. The third kappa shape index (κ3) is 3.62. The Hall–Kier alpha value is -1.85. The van der Waals surface area contributed by atoms with E-state index in [9.17, 15) is 8.42 Å². The molecule has 0 aliphatic heterocycles. The Morgan fingerprint density at radius 1 is 1.05 bits per heavy atom. The summed E-state index contributed by atoms with van der Waals surface area (Å²) >= 11 is 0. The van der Waals surface area contributed by atoms with Gasteiger partial charge in [-0.1, -0.05) is 30.3 Å². The highest BCUT2D eigenvalue weighted by Crippen LogP contribution is 2.25. The lowest BCUT2D eigenvalue weighted by molar-refractivity contribution is 0.556. The van der Waals surface area contributed by atoms with Crippen LogP contribution in [0.1, 0.15) is 12.5 Å². The Labute approximate surface area is 125 Å². The van der Waals surface area contributed by atoms with E-state index in [4.69, 9.17) is 5.73 Å². The molecule has 5 heteroatoms. The van der Waals surface area contributed by atoms with Crippen molar-refractivity contribution in [1.29, 1.82) is 0 Å². The minimum atomic E-state index is -3.17. The Kier molecular flexibility index (Phi) is 4.34. The molecule has 0 aliphatic rings. The predicted octanol–water partition coefficient (Wildman–Crippen LogP) is 2.38. The van der Waals surface area contributed by atoms with Crippen LogP contribution in [-0.4, -0.2) is 21.2 Å². The molecular formula is C16H20N2O2S. The molecule has 1 atom stereocenters. The Morgan fingerprint density at radius 2 is 1.62 bits per heavy atom. The monoisotopic (exact) mass is 304 g/mol. The molecule has 21 heavy (non-hydrogen) atoms. The van der Waals surface area contributed by atoms with E-state index in [1.807, 2.05) is 37.3 Å². The lowest BCUT2D eigenvalue weighted by atomic mass is 9.92. The van der Waals surface area contributed by atoms with Crippen LogP contribution in [0.3, 0.4) is 0 Å². The van der Waals surface area contributed by atoms with Crippen molar-refractivity contribution in [2.24, 2.45) is 5.73 Å². The van der Waals surface area contributed by atoms with E-state index in [2.05, 4.69) is 5.32 Å². The summed E-state index contributed by atoms with van der Waals surface area (Å²) in [6.45, 7) is 2.44. The second-order valence-electron chi connectivity index (χ2n) is 5.32. The number of rotatable bonds is 5. The van der Waals surface area contributed by atoms with Crippen molar-refractivity contribution in [3.8, 4) is 0 Å². The molecule has 1 unspecified atom stereocenters. The van der Waals surface area contributed by atoms with Gasteiger partial charge >= 0.3 is 0 Å². The van der Waals surface area contributed by atoms with Gasteiger partial charge in [0.15, 0.2) is 9.84 Å². The average molecular weight is 304 g/mol. The van der Waals surface area contributed by atoms with Gasteiger partial charge in [-0.3, -0.25) is 0 Å². The molecule has 3 N–H and O–H groups in total. The summed E-state index contributed by atoms with van der Waals surface area (Å²) in [5, 5.41) is 3.38. The quantitative estimate of drug-likeness (QED) is 0.889. The molecule has 4 nitrogen and oxygen atoms in total. The van der Waals surface area contributed by atoms with Crippen LogP contribution in [0.2, 0.25) is 0 Å². The third-order valence-corrected chi connectivity index (χ3v) is 4.65. The number of anilines is 1. The summed E-state index contributed by atoms with van der Waals surface area (Å²) in [5.74, 6) is 0. The third-order valence-electron chi connectivity index (χ3n) is 3.52. The molecule has 2 rings (SSSR count). The number of sulfone groups is 1.